The summed E-state index contributed by atoms with van der Waals surface area (Å²) in [5.41, 5.74) is 2.09. The van der Waals surface area contributed by atoms with Crippen molar-refractivity contribution in [3.63, 3.8) is 0 Å². The number of nitriles is 1. The number of hydrogen-bond donors (Lipinski definition) is 0. The first-order valence-electron chi connectivity index (χ1n) is 6.25. The molecule has 4 heteroatoms. The second-order valence-corrected chi connectivity index (χ2v) is 4.43. The average Bonchev–Trinajstić information content (AvgIpc) is 2.46. The SMILES string of the molecule is CCN1CCN(c2ccc(C=O)cc2C#N)CC1. The molecule has 1 aliphatic rings. The second kappa shape index (κ2) is 5.65. The Bertz CT molecular complexity index is 470. The number of likely N-dealkylation sites (N-methyl/N-ethyl adjacent to an activating group) is 1. The lowest BCUT2D eigenvalue weighted by Crippen LogP contribution is -2.46. The van der Waals surface area contributed by atoms with E-state index in [2.05, 4.69) is 22.8 Å². The second-order valence-electron chi connectivity index (χ2n) is 4.43. The zero-order valence-corrected chi connectivity index (χ0v) is 10.6. The number of benzene rings is 1. The molecule has 1 aliphatic heterocycles. The lowest BCUT2D eigenvalue weighted by atomic mass is 10.1. The summed E-state index contributed by atoms with van der Waals surface area (Å²) in [6.45, 7) is 7.15. The van der Waals surface area contributed by atoms with Crippen LogP contribution in [0.15, 0.2) is 18.2 Å². The Morgan fingerprint density at radius 2 is 2.06 bits per heavy atom. The zero-order chi connectivity index (χ0) is 13.0. The van der Waals surface area contributed by atoms with E-state index >= 15 is 0 Å². The van der Waals surface area contributed by atoms with Crippen LogP contribution in [0.5, 0.6) is 0 Å². The van der Waals surface area contributed by atoms with Gasteiger partial charge in [0, 0.05) is 31.7 Å². The van der Waals surface area contributed by atoms with Crippen molar-refractivity contribution in [2.75, 3.05) is 37.6 Å². The quantitative estimate of drug-likeness (QED) is 0.755. The molecule has 0 unspecified atom stereocenters. The third-order valence-electron chi connectivity index (χ3n) is 3.44. The van der Waals surface area contributed by atoms with Crippen LogP contribution in [0.3, 0.4) is 0 Å². The Labute approximate surface area is 107 Å². The van der Waals surface area contributed by atoms with Gasteiger partial charge < -0.3 is 9.80 Å². The minimum atomic E-state index is 0.558. The summed E-state index contributed by atoms with van der Waals surface area (Å²) in [7, 11) is 0. The van der Waals surface area contributed by atoms with E-state index in [9.17, 15) is 4.79 Å². The van der Waals surface area contributed by atoms with Crippen LogP contribution in [0.25, 0.3) is 0 Å². The Kier molecular flexibility index (Phi) is 3.96. The molecule has 0 N–H and O–H groups in total. The number of anilines is 1. The molecule has 94 valence electrons. The number of nitrogens with zero attached hydrogens (tertiary/aromatic N) is 3. The molecule has 1 aromatic rings. The van der Waals surface area contributed by atoms with Crippen molar-refractivity contribution in [2.45, 2.75) is 6.92 Å². The van der Waals surface area contributed by atoms with Gasteiger partial charge in [-0.25, -0.2) is 0 Å². The Morgan fingerprint density at radius 3 is 2.61 bits per heavy atom. The van der Waals surface area contributed by atoms with Gasteiger partial charge in [0.1, 0.15) is 12.4 Å². The Morgan fingerprint density at radius 1 is 1.33 bits per heavy atom. The van der Waals surface area contributed by atoms with E-state index in [1.807, 2.05) is 6.07 Å². The predicted octanol–water partition coefficient (Wildman–Crippen LogP) is 1.51. The van der Waals surface area contributed by atoms with Crippen molar-refractivity contribution in [1.82, 2.24) is 4.90 Å². The van der Waals surface area contributed by atoms with Gasteiger partial charge in [-0.15, -0.1) is 0 Å². The van der Waals surface area contributed by atoms with E-state index in [1.165, 1.54) is 0 Å². The lowest BCUT2D eigenvalue weighted by Gasteiger charge is -2.35. The van der Waals surface area contributed by atoms with E-state index < -0.39 is 0 Å². The highest BCUT2D eigenvalue weighted by Crippen LogP contribution is 2.22. The number of aldehydes is 1. The van der Waals surface area contributed by atoms with Crippen molar-refractivity contribution in [2.24, 2.45) is 0 Å². The molecule has 1 fully saturated rings. The molecule has 1 saturated heterocycles. The maximum absolute atomic E-state index is 10.7. The van der Waals surface area contributed by atoms with Crippen molar-refractivity contribution in [3.8, 4) is 6.07 Å². The smallest absolute Gasteiger partial charge is 0.150 e. The largest absolute Gasteiger partial charge is 0.368 e. The van der Waals surface area contributed by atoms with Gasteiger partial charge in [-0.3, -0.25) is 4.79 Å². The summed E-state index contributed by atoms with van der Waals surface area (Å²) in [4.78, 5) is 15.3. The molecule has 0 aromatic heterocycles. The van der Waals surface area contributed by atoms with Crippen LogP contribution in [0, 0.1) is 11.3 Å². The van der Waals surface area contributed by atoms with E-state index in [0.717, 1.165) is 44.7 Å². The van der Waals surface area contributed by atoms with Gasteiger partial charge in [-0.2, -0.15) is 5.26 Å². The summed E-state index contributed by atoms with van der Waals surface area (Å²) >= 11 is 0. The van der Waals surface area contributed by atoms with E-state index in [-0.39, 0.29) is 0 Å². The molecule has 1 heterocycles. The van der Waals surface area contributed by atoms with Gasteiger partial charge in [-0.1, -0.05) is 6.92 Å². The minimum absolute atomic E-state index is 0.558. The van der Waals surface area contributed by atoms with Gasteiger partial charge >= 0.3 is 0 Å². The molecular weight excluding hydrogens is 226 g/mol. The maximum Gasteiger partial charge on any atom is 0.150 e. The third kappa shape index (κ3) is 2.52. The molecule has 2 rings (SSSR count). The fourth-order valence-electron chi connectivity index (χ4n) is 2.30. The lowest BCUT2D eigenvalue weighted by molar-refractivity contribution is 0.112. The molecule has 18 heavy (non-hydrogen) atoms. The van der Waals surface area contributed by atoms with Crippen molar-refractivity contribution >= 4 is 12.0 Å². The van der Waals surface area contributed by atoms with Crippen molar-refractivity contribution < 1.29 is 4.79 Å². The highest BCUT2D eigenvalue weighted by Gasteiger charge is 2.18. The first kappa shape index (κ1) is 12.6. The maximum atomic E-state index is 10.7. The minimum Gasteiger partial charge on any atom is -0.368 e. The third-order valence-corrected chi connectivity index (χ3v) is 3.44. The van der Waals surface area contributed by atoms with Crippen molar-refractivity contribution in [1.29, 1.82) is 5.26 Å². The summed E-state index contributed by atoms with van der Waals surface area (Å²) in [5.74, 6) is 0. The number of hydrogen-bond acceptors (Lipinski definition) is 4. The van der Waals surface area contributed by atoms with Crippen LogP contribution in [-0.4, -0.2) is 43.9 Å². The monoisotopic (exact) mass is 243 g/mol. The highest BCUT2D eigenvalue weighted by atomic mass is 16.1. The van der Waals surface area contributed by atoms with Crippen LogP contribution in [0.4, 0.5) is 5.69 Å². The van der Waals surface area contributed by atoms with Crippen LogP contribution in [-0.2, 0) is 0 Å². The normalized spacial score (nSPS) is 16.3. The predicted molar refractivity (Wildman–Crippen MR) is 70.9 cm³/mol. The standard InChI is InChI=1S/C14H17N3O/c1-2-16-5-7-17(8-6-16)14-4-3-12(11-18)9-13(14)10-15/h3-4,9,11H,2,5-8H2,1H3. The van der Waals surface area contributed by atoms with Gasteiger partial charge in [0.15, 0.2) is 0 Å². The summed E-state index contributed by atoms with van der Waals surface area (Å²) < 4.78 is 0. The number of carbonyl (C=O) groups is 1. The van der Waals surface area contributed by atoms with Crippen LogP contribution in [0.1, 0.15) is 22.8 Å². The highest BCUT2D eigenvalue weighted by molar-refractivity contribution is 5.78. The Balaban J connectivity index is 2.19. The van der Waals surface area contributed by atoms with Crippen molar-refractivity contribution in [3.05, 3.63) is 29.3 Å². The summed E-state index contributed by atoms with van der Waals surface area (Å²) in [6.07, 6.45) is 0.777. The molecule has 0 amide bonds. The summed E-state index contributed by atoms with van der Waals surface area (Å²) in [5, 5.41) is 9.16. The van der Waals surface area contributed by atoms with Gasteiger partial charge in [-0.05, 0) is 24.7 Å². The summed E-state index contributed by atoms with van der Waals surface area (Å²) in [6, 6.07) is 7.49. The van der Waals surface area contributed by atoms with Crippen LogP contribution >= 0.6 is 0 Å². The van der Waals surface area contributed by atoms with Crippen LogP contribution in [0.2, 0.25) is 0 Å². The molecular formula is C14H17N3O. The molecule has 4 nitrogen and oxygen atoms in total. The molecule has 0 aliphatic carbocycles. The topological polar surface area (TPSA) is 47.3 Å². The van der Waals surface area contributed by atoms with E-state index in [0.29, 0.717) is 11.1 Å². The first-order valence-corrected chi connectivity index (χ1v) is 6.25. The molecule has 0 radical (unpaired) electrons. The number of carbonyl (C=O) groups excluding carboxylic acids is 1. The molecule has 0 atom stereocenters. The van der Waals surface area contributed by atoms with Gasteiger partial charge in [0.2, 0.25) is 0 Å². The molecule has 1 aromatic carbocycles. The average molecular weight is 243 g/mol. The van der Waals surface area contributed by atoms with E-state index in [4.69, 9.17) is 5.26 Å². The fourth-order valence-corrected chi connectivity index (χ4v) is 2.30. The van der Waals surface area contributed by atoms with Gasteiger partial charge in [0.05, 0.1) is 11.3 Å². The Hall–Kier alpha value is -1.86. The first-order chi connectivity index (χ1) is 8.78. The molecule has 0 spiro atoms. The van der Waals surface area contributed by atoms with E-state index in [1.54, 1.807) is 12.1 Å². The van der Waals surface area contributed by atoms with Crippen LogP contribution < -0.4 is 4.90 Å². The number of rotatable bonds is 3. The zero-order valence-electron chi connectivity index (χ0n) is 10.6. The molecule has 0 saturated carbocycles. The van der Waals surface area contributed by atoms with Gasteiger partial charge in [0.25, 0.3) is 0 Å². The fraction of sp³-hybridized carbons (Fsp3) is 0.429. The number of piperazine rings is 1. The molecule has 0 bridgehead atoms.